The Morgan fingerprint density at radius 2 is 1.83 bits per heavy atom. The van der Waals surface area contributed by atoms with E-state index < -0.39 is 11.0 Å². The molecule has 0 radical (unpaired) electrons. The predicted molar refractivity (Wildman–Crippen MR) is 89.4 cm³/mol. The van der Waals surface area contributed by atoms with Crippen molar-refractivity contribution in [1.29, 1.82) is 0 Å². The van der Waals surface area contributed by atoms with Gasteiger partial charge >= 0.3 is 11.7 Å². The highest BCUT2D eigenvalue weighted by atomic mass is 16.6. The number of imidazole rings is 1. The van der Waals surface area contributed by atoms with Crippen molar-refractivity contribution in [2.45, 2.75) is 6.92 Å². The van der Waals surface area contributed by atoms with Gasteiger partial charge in [-0.05, 0) is 36.8 Å². The Morgan fingerprint density at radius 1 is 1.08 bits per heavy atom. The number of fused-ring (bicyclic) bond motifs is 1. The Balaban J connectivity index is 1.81. The molecule has 0 saturated carbocycles. The zero-order chi connectivity index (χ0) is 17.3. The Labute approximate surface area is 134 Å². The summed E-state index contributed by atoms with van der Waals surface area (Å²) in [6.45, 7) is 1.77. The van der Waals surface area contributed by atoms with Crippen molar-refractivity contribution < 1.29 is 9.72 Å². The molecule has 0 spiro atoms. The second-order valence-electron chi connectivity index (χ2n) is 5.20. The molecule has 3 aromatic rings. The molecule has 0 saturated heterocycles. The van der Waals surface area contributed by atoms with Gasteiger partial charge in [-0.15, -0.1) is 0 Å². The lowest BCUT2D eigenvalue weighted by atomic mass is 10.2. The van der Waals surface area contributed by atoms with Gasteiger partial charge in [0.15, 0.2) is 0 Å². The number of benzene rings is 2. The highest BCUT2D eigenvalue weighted by Crippen LogP contribution is 2.25. The van der Waals surface area contributed by atoms with Crippen LogP contribution in [0.1, 0.15) is 5.56 Å². The maximum absolute atomic E-state index is 12.1. The zero-order valence-electron chi connectivity index (χ0n) is 12.5. The number of urea groups is 1. The maximum atomic E-state index is 12.1. The van der Waals surface area contributed by atoms with E-state index in [1.165, 1.54) is 12.1 Å². The molecule has 122 valence electrons. The summed E-state index contributed by atoms with van der Waals surface area (Å²) in [5.41, 5.74) is 1.93. The first-order chi connectivity index (χ1) is 11.4. The molecule has 0 bridgehead atoms. The molecular weight excluding hydrogens is 314 g/mol. The normalized spacial score (nSPS) is 10.5. The van der Waals surface area contributed by atoms with E-state index in [4.69, 9.17) is 0 Å². The predicted octanol–water partition coefficient (Wildman–Crippen LogP) is 2.72. The highest BCUT2D eigenvalue weighted by Gasteiger charge is 2.16. The number of rotatable bonds is 3. The summed E-state index contributed by atoms with van der Waals surface area (Å²) >= 11 is 0. The molecular formula is C15H13N5O4. The molecule has 0 aliphatic carbocycles. The Morgan fingerprint density at radius 3 is 2.58 bits per heavy atom. The van der Waals surface area contributed by atoms with Gasteiger partial charge in [0.25, 0.3) is 5.69 Å². The van der Waals surface area contributed by atoms with E-state index in [2.05, 4.69) is 20.6 Å². The molecule has 1 aromatic heterocycles. The van der Waals surface area contributed by atoms with Crippen LogP contribution in [-0.2, 0) is 0 Å². The molecule has 0 aliphatic heterocycles. The van der Waals surface area contributed by atoms with Crippen LogP contribution in [0.4, 0.5) is 21.9 Å². The highest BCUT2D eigenvalue weighted by molar-refractivity contribution is 6.02. The van der Waals surface area contributed by atoms with E-state index >= 15 is 0 Å². The Hall–Kier alpha value is -3.62. The summed E-state index contributed by atoms with van der Waals surface area (Å²) in [6.07, 6.45) is 0. The molecule has 3 rings (SSSR count). The van der Waals surface area contributed by atoms with Crippen LogP contribution in [0.25, 0.3) is 11.0 Å². The molecule has 2 aromatic carbocycles. The molecule has 0 atom stereocenters. The summed E-state index contributed by atoms with van der Waals surface area (Å²) in [5, 5.41) is 16.1. The first kappa shape index (κ1) is 15.3. The van der Waals surface area contributed by atoms with Crippen LogP contribution in [0.15, 0.2) is 41.2 Å². The van der Waals surface area contributed by atoms with Gasteiger partial charge in [-0.1, -0.05) is 6.07 Å². The van der Waals surface area contributed by atoms with E-state index in [0.29, 0.717) is 16.7 Å². The van der Waals surface area contributed by atoms with Gasteiger partial charge in [-0.25, -0.2) is 9.59 Å². The molecule has 0 fully saturated rings. The molecule has 0 unspecified atom stereocenters. The summed E-state index contributed by atoms with van der Waals surface area (Å²) < 4.78 is 0. The van der Waals surface area contributed by atoms with Crippen molar-refractivity contribution in [3.05, 3.63) is 62.6 Å². The number of aromatic nitrogens is 2. The van der Waals surface area contributed by atoms with E-state index in [9.17, 15) is 19.7 Å². The number of hydrogen-bond acceptors (Lipinski definition) is 4. The molecule has 9 nitrogen and oxygen atoms in total. The van der Waals surface area contributed by atoms with Gasteiger partial charge in [0.05, 0.1) is 16.0 Å². The number of nitro groups is 1. The second kappa shape index (κ2) is 5.88. The quantitative estimate of drug-likeness (QED) is 0.435. The van der Waals surface area contributed by atoms with Crippen molar-refractivity contribution in [3.8, 4) is 0 Å². The SMILES string of the molecule is Cc1ccc([N+](=O)[O-])c(NC(=O)Nc2ccc3[nH]c(=O)[nH]c3c2)c1. The number of nitro benzene ring substituents is 1. The minimum atomic E-state index is -0.624. The molecule has 9 heteroatoms. The first-order valence-electron chi connectivity index (χ1n) is 6.97. The molecule has 0 aliphatic rings. The molecule has 4 N–H and O–H groups in total. The largest absolute Gasteiger partial charge is 0.323 e. The van der Waals surface area contributed by atoms with Crippen LogP contribution in [0.5, 0.6) is 0 Å². The number of amides is 2. The summed E-state index contributed by atoms with van der Waals surface area (Å²) in [6, 6.07) is 8.65. The van der Waals surface area contributed by atoms with Crippen molar-refractivity contribution in [3.63, 3.8) is 0 Å². The number of carbonyl (C=O) groups excluding carboxylic acids is 1. The summed E-state index contributed by atoms with van der Waals surface area (Å²) in [7, 11) is 0. The Bertz CT molecular complexity index is 1000. The number of hydrogen-bond donors (Lipinski definition) is 4. The zero-order valence-corrected chi connectivity index (χ0v) is 12.5. The number of carbonyl (C=O) groups is 1. The summed E-state index contributed by atoms with van der Waals surface area (Å²) in [4.78, 5) is 38.9. The lowest BCUT2D eigenvalue weighted by Crippen LogP contribution is -2.20. The van der Waals surface area contributed by atoms with Gasteiger partial charge in [-0.2, -0.15) is 0 Å². The van der Waals surface area contributed by atoms with Crippen molar-refractivity contribution in [1.82, 2.24) is 9.97 Å². The number of nitrogens with zero attached hydrogens (tertiary/aromatic N) is 1. The minimum Gasteiger partial charge on any atom is -0.308 e. The van der Waals surface area contributed by atoms with E-state index in [-0.39, 0.29) is 17.1 Å². The van der Waals surface area contributed by atoms with E-state index in [1.54, 1.807) is 31.2 Å². The fourth-order valence-corrected chi connectivity index (χ4v) is 2.30. The Kier molecular flexibility index (Phi) is 3.74. The van der Waals surface area contributed by atoms with Crippen LogP contribution in [0, 0.1) is 17.0 Å². The van der Waals surface area contributed by atoms with Crippen LogP contribution in [0.3, 0.4) is 0 Å². The smallest absolute Gasteiger partial charge is 0.308 e. The van der Waals surface area contributed by atoms with Gasteiger partial charge in [0.1, 0.15) is 5.69 Å². The van der Waals surface area contributed by atoms with Crippen LogP contribution in [-0.4, -0.2) is 20.9 Å². The number of nitrogens with one attached hydrogen (secondary N) is 4. The van der Waals surface area contributed by atoms with Gasteiger partial charge in [-0.3, -0.25) is 10.1 Å². The maximum Gasteiger partial charge on any atom is 0.323 e. The topological polar surface area (TPSA) is 133 Å². The molecule has 1 heterocycles. The number of aryl methyl sites for hydroxylation is 1. The number of H-pyrrole nitrogens is 2. The average Bonchev–Trinajstić information content (AvgIpc) is 2.86. The first-order valence-corrected chi connectivity index (χ1v) is 6.97. The lowest BCUT2D eigenvalue weighted by molar-refractivity contribution is -0.383. The van der Waals surface area contributed by atoms with Crippen molar-refractivity contribution in [2.24, 2.45) is 0 Å². The lowest BCUT2D eigenvalue weighted by Gasteiger charge is -2.09. The van der Waals surface area contributed by atoms with Crippen LogP contribution < -0.4 is 16.3 Å². The summed E-state index contributed by atoms with van der Waals surface area (Å²) in [5.74, 6) is 0. The van der Waals surface area contributed by atoms with E-state index in [1.807, 2.05) is 0 Å². The third-order valence-electron chi connectivity index (χ3n) is 3.37. The molecule has 24 heavy (non-hydrogen) atoms. The van der Waals surface area contributed by atoms with Crippen LogP contribution >= 0.6 is 0 Å². The van der Waals surface area contributed by atoms with E-state index in [0.717, 1.165) is 5.56 Å². The van der Waals surface area contributed by atoms with Gasteiger partial charge in [0.2, 0.25) is 0 Å². The standard InChI is InChI=1S/C15H13N5O4/c1-8-2-5-13(20(23)24)12(6-8)19-14(21)16-9-3-4-10-11(7-9)18-15(22)17-10/h2-7H,1H3,(H2,16,19,21)(H2,17,18,22). The number of anilines is 2. The van der Waals surface area contributed by atoms with Crippen molar-refractivity contribution >= 4 is 34.1 Å². The monoisotopic (exact) mass is 327 g/mol. The van der Waals surface area contributed by atoms with Crippen molar-refractivity contribution in [2.75, 3.05) is 10.6 Å². The van der Waals surface area contributed by atoms with Crippen LogP contribution in [0.2, 0.25) is 0 Å². The fraction of sp³-hybridized carbons (Fsp3) is 0.0667. The second-order valence-corrected chi connectivity index (χ2v) is 5.20. The fourth-order valence-electron chi connectivity index (χ4n) is 2.30. The number of aromatic amines is 2. The average molecular weight is 327 g/mol. The third-order valence-corrected chi connectivity index (χ3v) is 3.37. The molecule has 2 amide bonds. The van der Waals surface area contributed by atoms with Gasteiger partial charge < -0.3 is 20.6 Å². The van der Waals surface area contributed by atoms with Gasteiger partial charge in [0, 0.05) is 11.8 Å². The third kappa shape index (κ3) is 3.09. The minimum absolute atomic E-state index is 0.105.